The summed E-state index contributed by atoms with van der Waals surface area (Å²) in [6.45, 7) is 0.151. The zero-order chi connectivity index (χ0) is 14.1. The Morgan fingerprint density at radius 3 is 2.90 bits per heavy atom. The maximum Gasteiger partial charge on any atom is 0.341 e. The van der Waals surface area contributed by atoms with Crippen molar-refractivity contribution in [1.82, 2.24) is 4.98 Å². The summed E-state index contributed by atoms with van der Waals surface area (Å²) < 4.78 is 15.9. The second-order valence-electron chi connectivity index (χ2n) is 3.93. The van der Waals surface area contributed by atoms with Gasteiger partial charge in [-0.15, -0.1) is 0 Å². The van der Waals surface area contributed by atoms with Crippen molar-refractivity contribution in [2.45, 2.75) is 0 Å². The number of hydrogen-bond donors (Lipinski definition) is 1. The summed E-state index contributed by atoms with van der Waals surface area (Å²) in [6.07, 6.45) is 1.32. The molecule has 0 fully saturated rings. The molecule has 0 radical (unpaired) electrons. The van der Waals surface area contributed by atoms with E-state index in [1.54, 1.807) is 18.2 Å². The van der Waals surface area contributed by atoms with E-state index < -0.39 is 5.97 Å². The van der Waals surface area contributed by atoms with E-state index in [9.17, 15) is 4.79 Å². The Bertz CT molecular complexity index is 688. The van der Waals surface area contributed by atoms with Crippen LogP contribution in [0.5, 0.6) is 23.1 Å². The van der Waals surface area contributed by atoms with Gasteiger partial charge in [0.1, 0.15) is 11.3 Å². The van der Waals surface area contributed by atoms with Crippen molar-refractivity contribution in [3.8, 4) is 23.1 Å². The fourth-order valence-electron chi connectivity index (χ4n) is 1.71. The summed E-state index contributed by atoms with van der Waals surface area (Å²) in [4.78, 5) is 15.0. The predicted molar refractivity (Wildman–Crippen MR) is 68.8 cm³/mol. The highest BCUT2D eigenvalue weighted by atomic mass is 35.5. The Balaban J connectivity index is 1.93. The number of hydrogen-bond acceptors (Lipinski definition) is 5. The first-order chi connectivity index (χ1) is 9.63. The number of fused-ring (bicyclic) bond motifs is 1. The fraction of sp³-hybridized carbons (Fsp3) is 0.0769. The maximum absolute atomic E-state index is 11.1. The normalized spacial score (nSPS) is 12.2. The molecule has 1 aliphatic heterocycles. The van der Waals surface area contributed by atoms with E-state index in [0.29, 0.717) is 17.2 Å². The van der Waals surface area contributed by atoms with Gasteiger partial charge in [-0.3, -0.25) is 0 Å². The molecule has 0 aliphatic carbocycles. The van der Waals surface area contributed by atoms with Crippen molar-refractivity contribution < 1.29 is 24.1 Å². The van der Waals surface area contributed by atoms with E-state index in [2.05, 4.69) is 4.98 Å². The highest BCUT2D eigenvalue weighted by Gasteiger charge is 2.17. The molecule has 6 nitrogen and oxygen atoms in total. The van der Waals surface area contributed by atoms with Crippen molar-refractivity contribution in [2.75, 3.05) is 6.79 Å². The minimum absolute atomic E-state index is 0.0410. The molecule has 2 aromatic rings. The zero-order valence-electron chi connectivity index (χ0n) is 10.00. The van der Waals surface area contributed by atoms with E-state index in [4.69, 9.17) is 30.9 Å². The van der Waals surface area contributed by atoms with Crippen molar-refractivity contribution >= 4 is 17.6 Å². The van der Waals surface area contributed by atoms with E-state index in [1.807, 2.05) is 0 Å². The number of aromatic carboxylic acids is 1. The molecule has 1 aromatic heterocycles. The highest BCUT2D eigenvalue weighted by Crippen LogP contribution is 2.36. The molecule has 1 aliphatic rings. The van der Waals surface area contributed by atoms with Gasteiger partial charge >= 0.3 is 5.97 Å². The third kappa shape index (κ3) is 2.33. The van der Waals surface area contributed by atoms with Gasteiger partial charge < -0.3 is 19.3 Å². The van der Waals surface area contributed by atoms with Gasteiger partial charge in [-0.05, 0) is 18.2 Å². The number of halogens is 1. The standard InChI is InChI=1S/C13H8ClNO5/c14-7-3-9(13(16)17)12(15-5-7)20-8-1-2-10-11(4-8)19-6-18-10/h1-5H,6H2,(H,16,17). The van der Waals surface area contributed by atoms with Crippen molar-refractivity contribution in [3.63, 3.8) is 0 Å². The average molecular weight is 294 g/mol. The number of nitrogens with zero attached hydrogens (tertiary/aromatic N) is 1. The fourth-order valence-corrected chi connectivity index (χ4v) is 1.87. The van der Waals surface area contributed by atoms with Gasteiger partial charge in [0, 0.05) is 12.3 Å². The first kappa shape index (κ1) is 12.6. The molecule has 2 heterocycles. The Labute approximate surface area is 118 Å². The molecule has 3 rings (SSSR count). The van der Waals surface area contributed by atoms with Gasteiger partial charge in [-0.2, -0.15) is 0 Å². The molecule has 1 aromatic carbocycles. The lowest BCUT2D eigenvalue weighted by molar-refractivity contribution is 0.0693. The first-order valence-corrected chi connectivity index (χ1v) is 5.97. The van der Waals surface area contributed by atoms with Gasteiger partial charge in [0.25, 0.3) is 0 Å². The number of carbonyl (C=O) groups is 1. The van der Waals surface area contributed by atoms with Crippen LogP contribution in [0.3, 0.4) is 0 Å². The summed E-state index contributed by atoms with van der Waals surface area (Å²) in [5.74, 6) is 0.330. The van der Waals surface area contributed by atoms with Gasteiger partial charge in [-0.25, -0.2) is 9.78 Å². The predicted octanol–water partition coefficient (Wildman–Crippen LogP) is 2.95. The Hall–Kier alpha value is -2.47. The van der Waals surface area contributed by atoms with Crippen LogP contribution in [-0.2, 0) is 0 Å². The molecular weight excluding hydrogens is 286 g/mol. The lowest BCUT2D eigenvalue weighted by atomic mass is 10.2. The number of aromatic nitrogens is 1. The molecule has 1 N–H and O–H groups in total. The van der Waals surface area contributed by atoms with Crippen LogP contribution in [0.2, 0.25) is 5.02 Å². The van der Waals surface area contributed by atoms with Crippen LogP contribution in [0.4, 0.5) is 0 Å². The van der Waals surface area contributed by atoms with Crippen molar-refractivity contribution in [3.05, 3.63) is 41.0 Å². The molecule has 0 saturated heterocycles. The largest absolute Gasteiger partial charge is 0.477 e. The summed E-state index contributed by atoms with van der Waals surface area (Å²) in [7, 11) is 0. The molecule has 0 unspecified atom stereocenters. The summed E-state index contributed by atoms with van der Waals surface area (Å²) in [6, 6.07) is 6.19. The molecular formula is C13H8ClNO5. The number of carboxylic acids is 1. The summed E-state index contributed by atoms with van der Waals surface area (Å²) in [5.41, 5.74) is -0.116. The summed E-state index contributed by atoms with van der Waals surface area (Å²) in [5, 5.41) is 9.32. The molecule has 0 bridgehead atoms. The highest BCUT2D eigenvalue weighted by molar-refractivity contribution is 6.30. The number of carboxylic acid groups (broad SMARTS) is 1. The summed E-state index contributed by atoms with van der Waals surface area (Å²) >= 11 is 5.72. The second kappa shape index (κ2) is 4.90. The third-order valence-corrected chi connectivity index (χ3v) is 2.81. The lowest BCUT2D eigenvalue weighted by Gasteiger charge is -2.08. The minimum Gasteiger partial charge on any atom is -0.477 e. The van der Waals surface area contributed by atoms with E-state index in [-0.39, 0.29) is 23.3 Å². The number of pyridine rings is 1. The molecule has 0 amide bonds. The monoisotopic (exact) mass is 293 g/mol. The van der Waals surface area contributed by atoms with E-state index in [1.165, 1.54) is 12.3 Å². The van der Waals surface area contributed by atoms with Crippen molar-refractivity contribution in [1.29, 1.82) is 0 Å². The SMILES string of the molecule is O=C(O)c1cc(Cl)cnc1Oc1ccc2c(c1)OCO2. The second-order valence-corrected chi connectivity index (χ2v) is 4.36. The van der Waals surface area contributed by atoms with Crippen LogP contribution in [0.15, 0.2) is 30.5 Å². The molecule has 0 saturated carbocycles. The Morgan fingerprint density at radius 1 is 1.30 bits per heavy atom. The van der Waals surface area contributed by atoms with Crippen LogP contribution < -0.4 is 14.2 Å². The molecule has 102 valence electrons. The Morgan fingerprint density at radius 2 is 2.10 bits per heavy atom. The van der Waals surface area contributed by atoms with Crippen LogP contribution in [0, 0.1) is 0 Å². The Kier molecular flexibility index (Phi) is 3.08. The van der Waals surface area contributed by atoms with Crippen LogP contribution in [0.25, 0.3) is 0 Å². The van der Waals surface area contributed by atoms with Gasteiger partial charge in [0.2, 0.25) is 12.7 Å². The van der Waals surface area contributed by atoms with Gasteiger partial charge in [0.15, 0.2) is 11.5 Å². The molecule has 0 atom stereocenters. The number of rotatable bonds is 3. The zero-order valence-corrected chi connectivity index (χ0v) is 10.8. The van der Waals surface area contributed by atoms with E-state index >= 15 is 0 Å². The molecule has 20 heavy (non-hydrogen) atoms. The van der Waals surface area contributed by atoms with Gasteiger partial charge in [0.05, 0.1) is 5.02 Å². The number of ether oxygens (including phenoxy) is 3. The molecule has 7 heteroatoms. The molecule has 0 spiro atoms. The first-order valence-electron chi connectivity index (χ1n) is 5.60. The smallest absolute Gasteiger partial charge is 0.341 e. The van der Waals surface area contributed by atoms with E-state index in [0.717, 1.165) is 0 Å². The van der Waals surface area contributed by atoms with Crippen LogP contribution >= 0.6 is 11.6 Å². The third-order valence-electron chi connectivity index (χ3n) is 2.61. The lowest BCUT2D eigenvalue weighted by Crippen LogP contribution is -2.02. The van der Waals surface area contributed by atoms with Crippen molar-refractivity contribution in [2.24, 2.45) is 0 Å². The van der Waals surface area contributed by atoms with Crippen LogP contribution in [0.1, 0.15) is 10.4 Å². The maximum atomic E-state index is 11.1. The number of benzene rings is 1. The van der Waals surface area contributed by atoms with Gasteiger partial charge in [-0.1, -0.05) is 11.6 Å². The quantitative estimate of drug-likeness (QED) is 0.937. The topological polar surface area (TPSA) is 77.9 Å². The average Bonchev–Trinajstić information content (AvgIpc) is 2.88. The van der Waals surface area contributed by atoms with Crippen LogP contribution in [-0.4, -0.2) is 22.9 Å². The minimum atomic E-state index is -1.17.